The van der Waals surface area contributed by atoms with Gasteiger partial charge in [0.2, 0.25) is 0 Å². The lowest BCUT2D eigenvalue weighted by Crippen LogP contribution is -2.53. The van der Waals surface area contributed by atoms with Crippen LogP contribution in [0.3, 0.4) is 0 Å². The van der Waals surface area contributed by atoms with Crippen LogP contribution in [0.15, 0.2) is 24.3 Å². The molecule has 1 unspecified atom stereocenters. The number of aryl methyl sites for hydroxylation is 1. The Hall–Kier alpha value is -2.45. The van der Waals surface area contributed by atoms with Crippen LogP contribution in [0.25, 0.3) is 11.0 Å². The highest BCUT2D eigenvalue weighted by Gasteiger charge is 2.35. The van der Waals surface area contributed by atoms with Crippen LogP contribution < -0.4 is 5.32 Å². The minimum atomic E-state index is -0.820. The van der Waals surface area contributed by atoms with E-state index < -0.39 is 11.9 Å². The molecular formula is C23H34N4O4. The summed E-state index contributed by atoms with van der Waals surface area (Å²) in [4.78, 5) is 31.9. The minimum absolute atomic E-state index is 0.130. The van der Waals surface area contributed by atoms with Gasteiger partial charge in [-0.15, -0.1) is 0 Å². The number of nitrogens with zero attached hydrogens (tertiary/aromatic N) is 3. The summed E-state index contributed by atoms with van der Waals surface area (Å²) in [6, 6.07) is 7.62. The molecule has 1 saturated heterocycles. The van der Waals surface area contributed by atoms with Crippen molar-refractivity contribution in [2.24, 2.45) is 11.8 Å². The van der Waals surface area contributed by atoms with Gasteiger partial charge in [-0.05, 0) is 37.3 Å². The van der Waals surface area contributed by atoms with Crippen molar-refractivity contribution in [1.29, 1.82) is 0 Å². The van der Waals surface area contributed by atoms with Gasteiger partial charge in [0.05, 0.1) is 17.0 Å². The number of aliphatic carboxylic acids is 1. The van der Waals surface area contributed by atoms with E-state index in [0.717, 1.165) is 23.9 Å². The molecule has 0 spiro atoms. The lowest BCUT2D eigenvalue weighted by molar-refractivity contribution is -0.142. The van der Waals surface area contributed by atoms with Crippen molar-refractivity contribution in [2.45, 2.75) is 45.7 Å². The number of hydrogen-bond acceptors (Lipinski definition) is 5. The molecule has 1 aliphatic rings. The maximum Gasteiger partial charge on any atom is 0.307 e. The molecule has 2 atom stereocenters. The third-order valence-electron chi connectivity index (χ3n) is 5.77. The number of hydrogen-bond donors (Lipinski definition) is 2. The normalized spacial score (nSPS) is 19.1. The van der Waals surface area contributed by atoms with Crippen molar-refractivity contribution < 1.29 is 19.4 Å². The third-order valence-corrected chi connectivity index (χ3v) is 5.77. The maximum absolute atomic E-state index is 13.8. The van der Waals surface area contributed by atoms with Gasteiger partial charge in [0.1, 0.15) is 0 Å². The molecule has 1 aromatic carbocycles. The van der Waals surface area contributed by atoms with Crippen molar-refractivity contribution in [2.75, 3.05) is 33.4 Å². The Bertz CT molecular complexity index is 895. The summed E-state index contributed by atoms with van der Waals surface area (Å²) in [5, 5.41) is 12.7. The quantitative estimate of drug-likeness (QED) is 0.563. The molecule has 0 bridgehead atoms. The van der Waals surface area contributed by atoms with Crippen molar-refractivity contribution in [3.63, 3.8) is 0 Å². The van der Waals surface area contributed by atoms with Gasteiger partial charge in [0.25, 0.3) is 5.91 Å². The second-order valence-corrected chi connectivity index (χ2v) is 8.71. The fraction of sp³-hybridized carbons (Fsp3) is 0.609. The summed E-state index contributed by atoms with van der Waals surface area (Å²) in [6.45, 7) is 7.09. The largest absolute Gasteiger partial charge is 0.481 e. The van der Waals surface area contributed by atoms with E-state index in [9.17, 15) is 14.7 Å². The molecule has 8 nitrogen and oxygen atoms in total. The molecule has 0 saturated carbocycles. The second kappa shape index (κ2) is 10.7. The number of unbranched alkanes of at least 4 members (excludes halogenated alkanes) is 1. The number of fused-ring (bicyclic) bond motifs is 1. The number of carboxylic acids is 1. The van der Waals surface area contributed by atoms with Crippen LogP contribution in [0.1, 0.15) is 43.7 Å². The van der Waals surface area contributed by atoms with Gasteiger partial charge in [-0.3, -0.25) is 9.59 Å². The average Bonchev–Trinajstić information content (AvgIpc) is 3.13. The van der Waals surface area contributed by atoms with Gasteiger partial charge in [-0.1, -0.05) is 26.0 Å². The number of methoxy groups -OCH3 is 1. The van der Waals surface area contributed by atoms with Gasteiger partial charge >= 0.3 is 5.97 Å². The Labute approximate surface area is 183 Å². The van der Waals surface area contributed by atoms with E-state index in [-0.39, 0.29) is 17.9 Å². The Balaban J connectivity index is 1.92. The summed E-state index contributed by atoms with van der Waals surface area (Å²) in [5.74, 6) is -0.756. The van der Waals surface area contributed by atoms with E-state index in [1.165, 1.54) is 0 Å². The number of piperidine rings is 1. The molecule has 1 fully saturated rings. The summed E-state index contributed by atoms with van der Waals surface area (Å²) < 4.78 is 7.17. The van der Waals surface area contributed by atoms with Crippen molar-refractivity contribution in [3.8, 4) is 0 Å². The topological polar surface area (TPSA) is 96.7 Å². The zero-order valence-corrected chi connectivity index (χ0v) is 18.7. The van der Waals surface area contributed by atoms with E-state index in [2.05, 4.69) is 19.2 Å². The first-order valence-corrected chi connectivity index (χ1v) is 11.1. The van der Waals surface area contributed by atoms with Gasteiger partial charge in [-0.25, -0.2) is 4.98 Å². The van der Waals surface area contributed by atoms with E-state index in [4.69, 9.17) is 9.72 Å². The molecule has 1 aliphatic heterocycles. The number of amides is 1. The van der Waals surface area contributed by atoms with Gasteiger partial charge < -0.3 is 24.6 Å². The summed E-state index contributed by atoms with van der Waals surface area (Å²) in [5.41, 5.74) is 1.74. The van der Waals surface area contributed by atoms with Crippen LogP contribution in [-0.4, -0.2) is 70.8 Å². The van der Waals surface area contributed by atoms with Crippen molar-refractivity contribution >= 4 is 22.9 Å². The van der Waals surface area contributed by atoms with Crippen LogP contribution >= 0.6 is 0 Å². The lowest BCUT2D eigenvalue weighted by atomic mass is 9.94. The fourth-order valence-electron chi connectivity index (χ4n) is 4.25. The number of carbonyl (C=O) groups excluding carboxylic acids is 1. The van der Waals surface area contributed by atoms with Gasteiger partial charge in [0.15, 0.2) is 5.82 Å². The van der Waals surface area contributed by atoms with Crippen LogP contribution in [0, 0.1) is 11.8 Å². The highest BCUT2D eigenvalue weighted by molar-refractivity contribution is 5.95. The Morgan fingerprint density at radius 2 is 2.06 bits per heavy atom. The maximum atomic E-state index is 13.8. The van der Waals surface area contributed by atoms with Crippen LogP contribution in [0.5, 0.6) is 0 Å². The van der Waals surface area contributed by atoms with E-state index >= 15 is 0 Å². The highest BCUT2D eigenvalue weighted by atomic mass is 16.5. The van der Waals surface area contributed by atoms with E-state index in [0.29, 0.717) is 45.0 Å². The first-order chi connectivity index (χ1) is 14.9. The smallest absolute Gasteiger partial charge is 0.307 e. The molecule has 8 heteroatoms. The van der Waals surface area contributed by atoms with E-state index in [1.807, 2.05) is 33.7 Å². The number of aromatic nitrogens is 2. The van der Waals surface area contributed by atoms with Crippen molar-refractivity contribution in [1.82, 2.24) is 19.8 Å². The highest BCUT2D eigenvalue weighted by Crippen LogP contribution is 2.23. The predicted octanol–water partition coefficient (Wildman–Crippen LogP) is 2.62. The molecule has 31 heavy (non-hydrogen) atoms. The SMILES string of the molecule is COCCCCn1c(C(=O)N(CC(C)C)[C@@H]2CNCC(C(=O)O)C2)nc2ccccc21. The number of carbonyl (C=O) groups is 2. The number of imidazole rings is 1. The molecule has 2 aromatic rings. The number of para-hydroxylation sites is 2. The molecule has 170 valence electrons. The number of benzene rings is 1. The van der Waals surface area contributed by atoms with Gasteiger partial charge in [-0.2, -0.15) is 0 Å². The molecule has 1 aromatic heterocycles. The second-order valence-electron chi connectivity index (χ2n) is 8.71. The number of nitrogens with one attached hydrogen (secondary N) is 1. The number of ether oxygens (including phenoxy) is 1. The van der Waals surface area contributed by atoms with Crippen molar-refractivity contribution in [3.05, 3.63) is 30.1 Å². The predicted molar refractivity (Wildman–Crippen MR) is 119 cm³/mol. The first kappa shape index (κ1) is 23.2. The standard InChI is InChI=1S/C23H34N4O4/c1-16(2)15-27(18-12-17(23(29)30)13-24-14-18)22(28)21-25-19-8-4-5-9-20(19)26(21)10-6-7-11-31-3/h4-5,8-9,16-18,24H,6-7,10-15H2,1-3H3,(H,29,30)/t17?,18-/m0/s1. The molecule has 0 radical (unpaired) electrons. The third kappa shape index (κ3) is 5.62. The number of carboxylic acid groups (broad SMARTS) is 1. The fourth-order valence-corrected chi connectivity index (χ4v) is 4.25. The molecule has 3 rings (SSSR count). The summed E-state index contributed by atoms with van der Waals surface area (Å²) in [7, 11) is 1.69. The zero-order chi connectivity index (χ0) is 22.4. The first-order valence-electron chi connectivity index (χ1n) is 11.1. The number of rotatable bonds is 10. The average molecular weight is 431 g/mol. The monoisotopic (exact) mass is 430 g/mol. The molecular weight excluding hydrogens is 396 g/mol. The lowest BCUT2D eigenvalue weighted by Gasteiger charge is -2.37. The van der Waals surface area contributed by atoms with Crippen LogP contribution in [0.4, 0.5) is 0 Å². The molecule has 2 N–H and O–H groups in total. The van der Waals surface area contributed by atoms with Crippen LogP contribution in [0.2, 0.25) is 0 Å². The Morgan fingerprint density at radius 1 is 1.29 bits per heavy atom. The van der Waals surface area contributed by atoms with Gasteiger partial charge in [0, 0.05) is 45.9 Å². The minimum Gasteiger partial charge on any atom is -0.481 e. The zero-order valence-electron chi connectivity index (χ0n) is 18.7. The Morgan fingerprint density at radius 3 is 2.77 bits per heavy atom. The molecule has 0 aliphatic carbocycles. The van der Waals surface area contributed by atoms with Crippen LogP contribution in [-0.2, 0) is 16.1 Å². The molecule has 2 heterocycles. The summed E-state index contributed by atoms with van der Waals surface area (Å²) >= 11 is 0. The summed E-state index contributed by atoms with van der Waals surface area (Å²) in [6.07, 6.45) is 2.23. The van der Waals surface area contributed by atoms with E-state index in [1.54, 1.807) is 7.11 Å². The Kier molecular flexibility index (Phi) is 8.03. The molecule has 1 amide bonds.